The monoisotopic (exact) mass is 373 g/mol. The van der Waals surface area contributed by atoms with Crippen molar-refractivity contribution in [3.63, 3.8) is 0 Å². The van der Waals surface area contributed by atoms with Crippen LogP contribution in [0.15, 0.2) is 18.2 Å². The van der Waals surface area contributed by atoms with Crippen LogP contribution in [0, 0.1) is 5.41 Å². The Bertz CT molecular complexity index is 780. The number of nitrogens with zero attached hydrogens (tertiary/aromatic N) is 2. The maximum Gasteiger partial charge on any atom is 0.335 e. The lowest BCUT2D eigenvalue weighted by atomic mass is 9.88. The molecule has 1 fully saturated rings. The zero-order valence-corrected chi connectivity index (χ0v) is 16.3. The van der Waals surface area contributed by atoms with Gasteiger partial charge in [-0.05, 0) is 43.4 Å². The van der Waals surface area contributed by atoms with Crippen LogP contribution in [0.5, 0.6) is 0 Å². The lowest BCUT2D eigenvalue weighted by molar-refractivity contribution is -0.122. The highest BCUT2D eigenvalue weighted by Crippen LogP contribution is 2.41. The number of aromatic carboxylic acids is 1. The van der Waals surface area contributed by atoms with Crippen molar-refractivity contribution in [2.45, 2.75) is 52.6 Å². The van der Waals surface area contributed by atoms with Gasteiger partial charge in [-0.1, -0.05) is 20.8 Å². The molecule has 7 heteroatoms. The Morgan fingerprint density at radius 1 is 1.26 bits per heavy atom. The Morgan fingerprint density at radius 3 is 2.48 bits per heavy atom. The van der Waals surface area contributed by atoms with Gasteiger partial charge in [-0.25, -0.2) is 4.79 Å². The normalized spacial score (nSPS) is 18.3. The molecule has 0 radical (unpaired) electrons. The molecule has 1 aromatic rings. The van der Waals surface area contributed by atoms with E-state index in [1.807, 2.05) is 6.92 Å². The summed E-state index contributed by atoms with van der Waals surface area (Å²) in [7, 11) is 0. The van der Waals surface area contributed by atoms with E-state index in [-0.39, 0.29) is 48.0 Å². The SMILES string of the molecule is C[C@H](NCC(=O)N1CC(=O)N(C2CC2)c2ccc(C(=O)O)cc21)C(C)(C)C. The molecule has 1 aromatic carbocycles. The summed E-state index contributed by atoms with van der Waals surface area (Å²) in [5.74, 6) is -1.41. The van der Waals surface area contributed by atoms with Gasteiger partial charge in [0, 0.05) is 12.1 Å². The maximum absolute atomic E-state index is 12.9. The van der Waals surface area contributed by atoms with E-state index in [4.69, 9.17) is 0 Å². The Hall–Kier alpha value is -2.41. The third-order valence-electron chi connectivity index (χ3n) is 5.41. The van der Waals surface area contributed by atoms with Crippen LogP contribution >= 0.6 is 0 Å². The van der Waals surface area contributed by atoms with E-state index in [0.29, 0.717) is 11.4 Å². The average molecular weight is 373 g/mol. The van der Waals surface area contributed by atoms with Crippen LogP contribution < -0.4 is 15.1 Å². The van der Waals surface area contributed by atoms with Crippen molar-refractivity contribution in [3.05, 3.63) is 23.8 Å². The first-order chi connectivity index (χ1) is 12.6. The summed E-state index contributed by atoms with van der Waals surface area (Å²) in [6.45, 7) is 8.30. The maximum atomic E-state index is 12.9. The first-order valence-corrected chi connectivity index (χ1v) is 9.32. The third kappa shape index (κ3) is 3.98. The Morgan fingerprint density at radius 2 is 1.93 bits per heavy atom. The minimum Gasteiger partial charge on any atom is -0.478 e. The van der Waals surface area contributed by atoms with E-state index in [9.17, 15) is 19.5 Å². The number of hydrogen-bond donors (Lipinski definition) is 2. The zero-order chi connectivity index (χ0) is 19.9. The van der Waals surface area contributed by atoms with Crippen molar-refractivity contribution in [2.75, 3.05) is 22.9 Å². The Balaban J connectivity index is 1.88. The molecule has 0 saturated heterocycles. The van der Waals surface area contributed by atoms with E-state index in [2.05, 4.69) is 26.1 Å². The van der Waals surface area contributed by atoms with Crippen LogP contribution in [0.25, 0.3) is 0 Å². The second kappa shape index (κ2) is 6.96. The number of carboxylic acids is 1. The first kappa shape index (κ1) is 19.4. The molecular weight excluding hydrogens is 346 g/mol. The van der Waals surface area contributed by atoms with E-state index >= 15 is 0 Å². The zero-order valence-electron chi connectivity index (χ0n) is 16.3. The number of anilines is 2. The van der Waals surface area contributed by atoms with Gasteiger partial charge in [0.05, 0.1) is 23.5 Å². The molecular formula is C20H27N3O4. The number of benzene rings is 1. The summed E-state index contributed by atoms with van der Waals surface area (Å²) in [6.07, 6.45) is 1.87. The predicted octanol–water partition coefficient (Wildman–Crippen LogP) is 2.25. The van der Waals surface area contributed by atoms with Gasteiger partial charge in [0.1, 0.15) is 6.54 Å². The highest BCUT2D eigenvalue weighted by atomic mass is 16.4. The summed E-state index contributed by atoms with van der Waals surface area (Å²) in [4.78, 5) is 40.0. The summed E-state index contributed by atoms with van der Waals surface area (Å²) < 4.78 is 0. The van der Waals surface area contributed by atoms with Crippen molar-refractivity contribution in [2.24, 2.45) is 5.41 Å². The molecule has 27 heavy (non-hydrogen) atoms. The second-order valence-corrected chi connectivity index (χ2v) is 8.45. The molecule has 2 aliphatic rings. The molecule has 7 nitrogen and oxygen atoms in total. The van der Waals surface area contributed by atoms with Crippen molar-refractivity contribution < 1.29 is 19.5 Å². The number of carboxylic acid groups (broad SMARTS) is 1. The van der Waals surface area contributed by atoms with Crippen molar-refractivity contribution in [1.29, 1.82) is 0 Å². The smallest absolute Gasteiger partial charge is 0.335 e. The topological polar surface area (TPSA) is 90.0 Å². The lowest BCUT2D eigenvalue weighted by Gasteiger charge is -2.37. The largest absolute Gasteiger partial charge is 0.478 e. The van der Waals surface area contributed by atoms with Crippen LogP contribution in [0.1, 0.15) is 50.9 Å². The lowest BCUT2D eigenvalue weighted by Crippen LogP contribution is -2.52. The summed E-state index contributed by atoms with van der Waals surface area (Å²) in [6, 6.07) is 4.88. The van der Waals surface area contributed by atoms with Gasteiger partial charge in [0.15, 0.2) is 0 Å². The first-order valence-electron chi connectivity index (χ1n) is 9.32. The molecule has 1 heterocycles. The molecule has 0 unspecified atom stereocenters. The van der Waals surface area contributed by atoms with Crippen molar-refractivity contribution in [1.82, 2.24) is 5.32 Å². The Labute approximate surface area is 159 Å². The van der Waals surface area contributed by atoms with Gasteiger partial charge in [-0.2, -0.15) is 0 Å². The van der Waals surface area contributed by atoms with Gasteiger partial charge >= 0.3 is 5.97 Å². The van der Waals surface area contributed by atoms with Gasteiger partial charge in [-0.3, -0.25) is 14.5 Å². The molecule has 1 aliphatic carbocycles. The number of carbonyl (C=O) groups excluding carboxylic acids is 2. The molecule has 1 aliphatic heterocycles. The fourth-order valence-electron chi connectivity index (χ4n) is 3.10. The standard InChI is InChI=1S/C20H27N3O4/c1-12(20(2,3)4)21-10-17(24)22-11-18(25)23(14-6-7-14)15-8-5-13(19(26)27)9-16(15)22/h5,8-9,12,14,21H,6-7,10-11H2,1-4H3,(H,26,27)/t12-/m0/s1. The third-order valence-corrected chi connectivity index (χ3v) is 5.41. The van der Waals surface area contributed by atoms with Crippen LogP contribution in [-0.4, -0.2) is 48.1 Å². The van der Waals surface area contributed by atoms with Crippen LogP contribution in [0.4, 0.5) is 11.4 Å². The fourth-order valence-corrected chi connectivity index (χ4v) is 3.10. The minimum atomic E-state index is -1.06. The summed E-state index contributed by atoms with van der Waals surface area (Å²) in [5.41, 5.74) is 1.22. The molecule has 0 aromatic heterocycles. The van der Waals surface area contributed by atoms with Crippen molar-refractivity contribution in [3.8, 4) is 0 Å². The van der Waals surface area contributed by atoms with E-state index < -0.39 is 5.97 Å². The molecule has 3 rings (SSSR count). The van der Waals surface area contributed by atoms with E-state index in [0.717, 1.165) is 12.8 Å². The van der Waals surface area contributed by atoms with Gasteiger partial charge in [-0.15, -0.1) is 0 Å². The van der Waals surface area contributed by atoms with Gasteiger partial charge in [0.25, 0.3) is 0 Å². The highest BCUT2D eigenvalue weighted by Gasteiger charge is 2.40. The molecule has 2 amide bonds. The second-order valence-electron chi connectivity index (χ2n) is 8.45. The molecule has 146 valence electrons. The number of rotatable bonds is 5. The number of hydrogen-bond acceptors (Lipinski definition) is 4. The van der Waals surface area contributed by atoms with Gasteiger partial charge < -0.3 is 15.3 Å². The number of fused-ring (bicyclic) bond motifs is 1. The highest BCUT2D eigenvalue weighted by molar-refractivity contribution is 6.12. The number of amides is 2. The predicted molar refractivity (Wildman–Crippen MR) is 103 cm³/mol. The number of carbonyl (C=O) groups is 3. The molecule has 2 N–H and O–H groups in total. The summed E-state index contributed by atoms with van der Waals surface area (Å²) >= 11 is 0. The van der Waals surface area contributed by atoms with Crippen LogP contribution in [-0.2, 0) is 9.59 Å². The van der Waals surface area contributed by atoms with Crippen LogP contribution in [0.3, 0.4) is 0 Å². The van der Waals surface area contributed by atoms with E-state index in [1.54, 1.807) is 11.0 Å². The minimum absolute atomic E-state index is 0.00481. The molecule has 0 spiro atoms. The quantitative estimate of drug-likeness (QED) is 0.826. The molecule has 1 saturated carbocycles. The summed E-state index contributed by atoms with van der Waals surface area (Å²) in [5, 5.41) is 12.5. The van der Waals surface area contributed by atoms with Crippen LogP contribution in [0.2, 0.25) is 0 Å². The molecule has 1 atom stereocenters. The number of nitrogens with one attached hydrogen (secondary N) is 1. The van der Waals surface area contributed by atoms with Crippen molar-refractivity contribution >= 4 is 29.2 Å². The fraction of sp³-hybridized carbons (Fsp3) is 0.550. The van der Waals surface area contributed by atoms with E-state index in [1.165, 1.54) is 17.0 Å². The molecule has 0 bridgehead atoms. The Kier molecular flexibility index (Phi) is 4.99. The average Bonchev–Trinajstić information content (AvgIpc) is 3.41. The van der Waals surface area contributed by atoms with Gasteiger partial charge in [0.2, 0.25) is 11.8 Å².